The van der Waals surface area contributed by atoms with Crippen LogP contribution >= 0.6 is 15.9 Å². The Morgan fingerprint density at radius 1 is 1.25 bits per heavy atom. The lowest BCUT2D eigenvalue weighted by Gasteiger charge is -1.98. The fraction of sp³-hybridized carbons (Fsp3) is 0.231. The number of halogens is 1. The highest BCUT2D eigenvalue weighted by Crippen LogP contribution is 2.53. The maximum Gasteiger partial charge on any atom is 0.0928 e. The van der Waals surface area contributed by atoms with Crippen molar-refractivity contribution >= 4 is 15.9 Å². The van der Waals surface area contributed by atoms with Crippen molar-refractivity contribution < 1.29 is 0 Å². The molecule has 3 heteroatoms. The molecule has 0 amide bonds. The van der Waals surface area contributed by atoms with Gasteiger partial charge in [-0.3, -0.25) is 9.97 Å². The zero-order valence-electron chi connectivity index (χ0n) is 8.94. The van der Waals surface area contributed by atoms with Crippen LogP contribution in [0.15, 0.2) is 35.1 Å². The Kier molecular flexibility index (Phi) is 2.28. The van der Waals surface area contributed by atoms with Crippen molar-refractivity contribution in [3.8, 4) is 11.4 Å². The quantitative estimate of drug-likeness (QED) is 0.833. The minimum atomic E-state index is 0.578. The molecule has 0 bridgehead atoms. The van der Waals surface area contributed by atoms with Gasteiger partial charge in [-0.1, -0.05) is 13.0 Å². The molecule has 0 aromatic carbocycles. The lowest BCUT2D eigenvalue weighted by molar-refractivity contribution is 0.906. The summed E-state index contributed by atoms with van der Waals surface area (Å²) in [6, 6.07) is 5.95. The molecule has 1 aliphatic rings. The summed E-state index contributed by atoms with van der Waals surface area (Å²) >= 11 is 3.55. The molecule has 0 radical (unpaired) electrons. The molecule has 0 aliphatic heterocycles. The molecule has 1 atom stereocenters. The monoisotopic (exact) mass is 274 g/mol. The summed E-state index contributed by atoms with van der Waals surface area (Å²) in [4.78, 5) is 8.85. The molecule has 2 heterocycles. The van der Waals surface area contributed by atoms with Crippen molar-refractivity contribution in [2.24, 2.45) is 0 Å². The summed E-state index contributed by atoms with van der Waals surface area (Å²) in [6.07, 6.45) is 4.84. The van der Waals surface area contributed by atoms with Gasteiger partial charge >= 0.3 is 0 Å². The van der Waals surface area contributed by atoms with Crippen molar-refractivity contribution in [1.82, 2.24) is 9.97 Å². The van der Waals surface area contributed by atoms with E-state index in [1.807, 2.05) is 30.6 Å². The van der Waals surface area contributed by atoms with Crippen LogP contribution in [-0.2, 0) is 0 Å². The first kappa shape index (κ1) is 9.97. The zero-order chi connectivity index (χ0) is 11.1. The number of fused-ring (bicyclic) bond motifs is 1. The molecule has 0 spiro atoms. The minimum Gasteiger partial charge on any atom is -0.255 e. The van der Waals surface area contributed by atoms with Crippen LogP contribution in [0, 0.1) is 0 Å². The van der Waals surface area contributed by atoms with Crippen molar-refractivity contribution in [2.45, 2.75) is 19.3 Å². The van der Waals surface area contributed by atoms with Gasteiger partial charge in [0, 0.05) is 22.8 Å². The Hall–Kier alpha value is -1.22. The van der Waals surface area contributed by atoms with Crippen molar-refractivity contribution in [1.29, 1.82) is 0 Å². The van der Waals surface area contributed by atoms with Crippen molar-refractivity contribution in [3.63, 3.8) is 0 Å². The van der Waals surface area contributed by atoms with E-state index in [2.05, 4.69) is 32.8 Å². The normalized spacial score (nSPS) is 17.0. The van der Waals surface area contributed by atoms with Crippen LogP contribution in [0.2, 0.25) is 0 Å². The van der Waals surface area contributed by atoms with Crippen LogP contribution in [0.3, 0.4) is 0 Å². The third kappa shape index (κ3) is 1.39. The maximum atomic E-state index is 4.49. The molecule has 80 valence electrons. The number of aromatic nitrogens is 2. The van der Waals surface area contributed by atoms with Gasteiger partial charge in [0.25, 0.3) is 0 Å². The van der Waals surface area contributed by atoms with Gasteiger partial charge in [-0.2, -0.15) is 0 Å². The zero-order valence-corrected chi connectivity index (χ0v) is 10.5. The topological polar surface area (TPSA) is 25.8 Å². The Balaban J connectivity index is 2.13. The number of nitrogens with zero attached hydrogens (tertiary/aromatic N) is 2. The van der Waals surface area contributed by atoms with Gasteiger partial charge in [0.1, 0.15) is 0 Å². The largest absolute Gasteiger partial charge is 0.255 e. The Morgan fingerprint density at radius 3 is 2.81 bits per heavy atom. The van der Waals surface area contributed by atoms with Crippen LogP contribution in [-0.4, -0.2) is 9.97 Å². The van der Waals surface area contributed by atoms with E-state index in [9.17, 15) is 0 Å². The summed E-state index contributed by atoms with van der Waals surface area (Å²) in [5.74, 6) is 0.578. The van der Waals surface area contributed by atoms with E-state index < -0.39 is 0 Å². The third-order valence-electron chi connectivity index (χ3n) is 3.04. The van der Waals surface area contributed by atoms with Gasteiger partial charge < -0.3 is 0 Å². The van der Waals surface area contributed by atoms with Gasteiger partial charge in [0.05, 0.1) is 11.4 Å². The lowest BCUT2D eigenvalue weighted by atomic mass is 10.2. The lowest BCUT2D eigenvalue weighted by Crippen LogP contribution is -1.86. The Morgan fingerprint density at radius 2 is 2.12 bits per heavy atom. The van der Waals surface area contributed by atoms with Gasteiger partial charge in [-0.15, -0.1) is 0 Å². The first-order valence-electron chi connectivity index (χ1n) is 5.42. The maximum absolute atomic E-state index is 4.49. The van der Waals surface area contributed by atoms with E-state index >= 15 is 0 Å². The molecule has 0 N–H and O–H groups in total. The highest BCUT2D eigenvalue weighted by Gasteiger charge is 2.37. The molecule has 0 saturated heterocycles. The standard InChI is InChI=1S/C13H11BrN2/c1-2-8-11-9(14)7-16-13(12(8)11)10-5-3-4-6-15-10/h3-8H,2H2,1H3. The Bertz CT molecular complexity index is 537. The van der Waals surface area contributed by atoms with Gasteiger partial charge in [0.15, 0.2) is 0 Å². The summed E-state index contributed by atoms with van der Waals surface area (Å²) in [5.41, 5.74) is 4.81. The summed E-state index contributed by atoms with van der Waals surface area (Å²) in [7, 11) is 0. The predicted molar refractivity (Wildman–Crippen MR) is 67.3 cm³/mol. The van der Waals surface area contributed by atoms with E-state index in [4.69, 9.17) is 0 Å². The molecular weight excluding hydrogens is 264 g/mol. The molecule has 1 unspecified atom stereocenters. The van der Waals surface area contributed by atoms with E-state index in [1.165, 1.54) is 11.1 Å². The number of hydrogen-bond donors (Lipinski definition) is 0. The second-order valence-electron chi connectivity index (χ2n) is 3.96. The van der Waals surface area contributed by atoms with Crippen LogP contribution in [0.1, 0.15) is 30.4 Å². The Labute approximate surface area is 103 Å². The highest BCUT2D eigenvalue weighted by atomic mass is 79.9. The van der Waals surface area contributed by atoms with Crippen LogP contribution in [0.25, 0.3) is 11.4 Å². The van der Waals surface area contributed by atoms with Crippen LogP contribution < -0.4 is 0 Å². The molecule has 2 nitrogen and oxygen atoms in total. The molecule has 1 aliphatic carbocycles. The first-order chi connectivity index (χ1) is 7.83. The fourth-order valence-corrected chi connectivity index (χ4v) is 2.82. The van der Waals surface area contributed by atoms with Gasteiger partial charge in [-0.25, -0.2) is 0 Å². The van der Waals surface area contributed by atoms with Crippen molar-refractivity contribution in [3.05, 3.63) is 46.2 Å². The van der Waals surface area contributed by atoms with Crippen LogP contribution in [0.5, 0.6) is 0 Å². The molecule has 0 saturated carbocycles. The molecule has 16 heavy (non-hydrogen) atoms. The van der Waals surface area contributed by atoms with E-state index in [-0.39, 0.29) is 0 Å². The van der Waals surface area contributed by atoms with E-state index in [0.29, 0.717) is 5.92 Å². The minimum absolute atomic E-state index is 0.578. The smallest absolute Gasteiger partial charge is 0.0928 e. The van der Waals surface area contributed by atoms with Gasteiger partial charge in [-0.05, 0) is 45.6 Å². The molecular formula is C13H11BrN2. The SMILES string of the molecule is CCC1c2c(Br)cnc(-c3ccccn3)c21. The van der Waals surface area contributed by atoms with Gasteiger partial charge in [0.2, 0.25) is 0 Å². The summed E-state index contributed by atoms with van der Waals surface area (Å²) < 4.78 is 1.13. The molecule has 2 aromatic heterocycles. The first-order valence-corrected chi connectivity index (χ1v) is 6.22. The predicted octanol–water partition coefficient (Wildman–Crippen LogP) is 3.76. The summed E-state index contributed by atoms with van der Waals surface area (Å²) in [6.45, 7) is 2.21. The highest BCUT2D eigenvalue weighted by molar-refractivity contribution is 9.10. The molecule has 2 aromatic rings. The summed E-state index contributed by atoms with van der Waals surface area (Å²) in [5, 5.41) is 0. The number of pyridine rings is 2. The molecule has 0 fully saturated rings. The third-order valence-corrected chi connectivity index (χ3v) is 3.67. The number of rotatable bonds is 2. The second-order valence-corrected chi connectivity index (χ2v) is 4.81. The second kappa shape index (κ2) is 3.67. The van der Waals surface area contributed by atoms with Crippen molar-refractivity contribution in [2.75, 3.05) is 0 Å². The van der Waals surface area contributed by atoms with Crippen LogP contribution in [0.4, 0.5) is 0 Å². The van der Waals surface area contributed by atoms with E-state index in [1.54, 1.807) is 0 Å². The average Bonchev–Trinajstić information content (AvgIpc) is 3.06. The molecule has 3 rings (SSSR count). The average molecular weight is 275 g/mol. The fourth-order valence-electron chi connectivity index (χ4n) is 2.23. The van der Waals surface area contributed by atoms with E-state index in [0.717, 1.165) is 22.3 Å². The number of hydrogen-bond acceptors (Lipinski definition) is 2.